The van der Waals surface area contributed by atoms with Gasteiger partial charge in [-0.2, -0.15) is 0 Å². The predicted molar refractivity (Wildman–Crippen MR) is 72.3 cm³/mol. The first-order valence-corrected chi connectivity index (χ1v) is 7.30. The highest BCUT2D eigenvalue weighted by atomic mass is 35.5. The summed E-state index contributed by atoms with van der Waals surface area (Å²) in [5.41, 5.74) is 0. The number of nitrogens with zero attached hydrogens (tertiary/aromatic N) is 1. The lowest BCUT2D eigenvalue weighted by molar-refractivity contribution is 0.539. The predicted octanol–water partition coefficient (Wildman–Crippen LogP) is 0.924. The Morgan fingerprint density at radius 1 is 1.50 bits per heavy atom. The number of pyridine rings is 1. The smallest absolute Gasteiger partial charge is 0.242 e. The Hall–Kier alpha value is -0.690. The molecular weight excluding hydrogens is 274 g/mol. The van der Waals surface area contributed by atoms with Crippen LogP contribution in [0.2, 0.25) is 0 Å². The summed E-state index contributed by atoms with van der Waals surface area (Å²) >= 11 is 0. The molecule has 1 aliphatic rings. The van der Waals surface area contributed by atoms with Gasteiger partial charge < -0.3 is 5.32 Å². The normalized spacial score (nSPS) is 19.4. The Morgan fingerprint density at radius 3 is 2.94 bits per heavy atom. The summed E-state index contributed by atoms with van der Waals surface area (Å²) in [5.74, 6) is 0. The van der Waals surface area contributed by atoms with E-state index in [-0.39, 0.29) is 17.3 Å². The van der Waals surface area contributed by atoms with Crippen molar-refractivity contribution >= 4 is 22.4 Å². The second kappa shape index (κ2) is 7.04. The van der Waals surface area contributed by atoms with Gasteiger partial charge in [-0.15, -0.1) is 12.4 Å². The summed E-state index contributed by atoms with van der Waals surface area (Å²) in [5, 5.41) is 3.34. The van der Waals surface area contributed by atoms with Gasteiger partial charge in [-0.25, -0.2) is 13.1 Å². The lowest BCUT2D eigenvalue weighted by Gasteiger charge is -2.10. The van der Waals surface area contributed by atoms with Crippen molar-refractivity contribution in [3.8, 4) is 0 Å². The fourth-order valence-corrected chi connectivity index (χ4v) is 2.97. The van der Waals surface area contributed by atoms with E-state index in [9.17, 15) is 8.42 Å². The van der Waals surface area contributed by atoms with Gasteiger partial charge in [0.1, 0.15) is 4.90 Å². The highest BCUT2D eigenvalue weighted by Crippen LogP contribution is 2.09. The molecule has 1 saturated heterocycles. The summed E-state index contributed by atoms with van der Waals surface area (Å²) in [4.78, 5) is 4.03. The van der Waals surface area contributed by atoms with Crippen LogP contribution in [-0.4, -0.2) is 32.5 Å². The molecule has 0 bridgehead atoms. The van der Waals surface area contributed by atoms with Crippen molar-refractivity contribution in [2.24, 2.45) is 0 Å². The van der Waals surface area contributed by atoms with Crippen LogP contribution in [0.4, 0.5) is 0 Å². The second-order valence-corrected chi connectivity index (χ2v) is 5.94. The number of nitrogens with one attached hydrogen (secondary N) is 2. The van der Waals surface area contributed by atoms with Gasteiger partial charge in [0.05, 0.1) is 0 Å². The van der Waals surface area contributed by atoms with Gasteiger partial charge in [0.25, 0.3) is 0 Å². The van der Waals surface area contributed by atoms with Gasteiger partial charge >= 0.3 is 0 Å². The Morgan fingerprint density at radius 2 is 2.33 bits per heavy atom. The van der Waals surface area contributed by atoms with E-state index in [4.69, 9.17) is 0 Å². The van der Waals surface area contributed by atoms with Crippen molar-refractivity contribution in [1.82, 2.24) is 15.0 Å². The van der Waals surface area contributed by atoms with Crippen LogP contribution in [0.5, 0.6) is 0 Å². The maximum atomic E-state index is 11.8. The third-order valence-corrected chi connectivity index (χ3v) is 4.34. The van der Waals surface area contributed by atoms with Crippen molar-refractivity contribution in [2.75, 3.05) is 13.1 Å². The topological polar surface area (TPSA) is 71.1 Å². The minimum Gasteiger partial charge on any atom is -0.314 e. The van der Waals surface area contributed by atoms with Crippen LogP contribution < -0.4 is 10.0 Å². The first-order valence-electron chi connectivity index (χ1n) is 5.81. The highest BCUT2D eigenvalue weighted by Gasteiger charge is 2.16. The first-order chi connectivity index (χ1) is 8.18. The fraction of sp³-hybridized carbons (Fsp3) is 0.545. The van der Waals surface area contributed by atoms with Crippen molar-refractivity contribution in [1.29, 1.82) is 0 Å². The molecule has 1 atom stereocenters. The van der Waals surface area contributed by atoms with Crippen LogP contribution >= 0.6 is 12.4 Å². The number of hydrogen-bond donors (Lipinski definition) is 2. The molecule has 18 heavy (non-hydrogen) atoms. The second-order valence-electron chi connectivity index (χ2n) is 4.17. The molecule has 1 aromatic rings. The zero-order valence-electron chi connectivity index (χ0n) is 10.0. The minimum atomic E-state index is -3.39. The van der Waals surface area contributed by atoms with E-state index in [1.54, 1.807) is 18.3 Å². The average Bonchev–Trinajstić information content (AvgIpc) is 2.83. The Labute approximate surface area is 114 Å². The van der Waals surface area contributed by atoms with Crippen LogP contribution in [-0.2, 0) is 10.0 Å². The molecule has 1 aromatic heterocycles. The summed E-state index contributed by atoms with van der Waals surface area (Å²) in [7, 11) is -3.39. The number of sulfonamides is 1. The molecular formula is C11H18ClN3O2S. The maximum Gasteiger partial charge on any atom is 0.242 e. The third-order valence-electron chi connectivity index (χ3n) is 2.89. The lowest BCUT2D eigenvalue weighted by atomic mass is 10.2. The molecule has 0 unspecified atom stereocenters. The molecule has 0 amide bonds. The van der Waals surface area contributed by atoms with Crippen molar-refractivity contribution in [3.05, 3.63) is 24.5 Å². The van der Waals surface area contributed by atoms with Gasteiger partial charge in [0.2, 0.25) is 10.0 Å². The molecule has 0 saturated carbocycles. The van der Waals surface area contributed by atoms with E-state index in [2.05, 4.69) is 15.0 Å². The molecule has 0 aromatic carbocycles. The van der Waals surface area contributed by atoms with Gasteiger partial charge in [0.15, 0.2) is 0 Å². The van der Waals surface area contributed by atoms with Gasteiger partial charge in [-0.1, -0.05) is 0 Å². The zero-order valence-corrected chi connectivity index (χ0v) is 11.6. The molecule has 2 N–H and O–H groups in total. The molecule has 102 valence electrons. The average molecular weight is 292 g/mol. The zero-order chi connectivity index (χ0) is 12.1. The van der Waals surface area contributed by atoms with Crippen LogP contribution in [0.25, 0.3) is 0 Å². The molecule has 0 radical (unpaired) electrons. The number of rotatable bonds is 5. The Kier molecular flexibility index (Phi) is 6.01. The molecule has 5 nitrogen and oxygen atoms in total. The first kappa shape index (κ1) is 15.4. The summed E-state index contributed by atoms with van der Waals surface area (Å²) in [6, 6.07) is 3.61. The van der Waals surface area contributed by atoms with Crippen molar-refractivity contribution < 1.29 is 8.42 Å². The largest absolute Gasteiger partial charge is 0.314 e. The summed E-state index contributed by atoms with van der Waals surface area (Å²) in [6.45, 7) is 1.51. The van der Waals surface area contributed by atoms with Crippen LogP contribution in [0.3, 0.4) is 0 Å². The standard InChI is InChI=1S/C11H17N3O2S.ClH/c15-17(16,11-4-2-6-12-9-11)14-8-5-10-3-1-7-13-10;/h2,4,6,9-10,13-14H,1,3,5,7-8H2;1H/t10-;/m1./s1. The number of hydrogen-bond acceptors (Lipinski definition) is 4. The molecule has 2 heterocycles. The maximum absolute atomic E-state index is 11.8. The quantitative estimate of drug-likeness (QED) is 0.846. The highest BCUT2D eigenvalue weighted by molar-refractivity contribution is 7.89. The van der Waals surface area contributed by atoms with E-state index in [0.717, 1.165) is 19.4 Å². The van der Waals surface area contributed by atoms with E-state index in [0.29, 0.717) is 12.6 Å². The molecule has 1 aliphatic heterocycles. The van der Waals surface area contributed by atoms with Crippen molar-refractivity contribution in [2.45, 2.75) is 30.2 Å². The molecule has 0 aliphatic carbocycles. The monoisotopic (exact) mass is 291 g/mol. The summed E-state index contributed by atoms with van der Waals surface area (Å²) < 4.78 is 26.3. The van der Waals surface area contributed by atoms with E-state index >= 15 is 0 Å². The SMILES string of the molecule is Cl.O=S(=O)(NCC[C@H]1CCCN1)c1cccnc1. The van der Waals surface area contributed by atoms with Gasteiger partial charge in [-0.05, 0) is 37.9 Å². The summed E-state index contributed by atoms with van der Waals surface area (Å²) in [6.07, 6.45) is 6.06. The Balaban J connectivity index is 0.00000162. The number of aromatic nitrogens is 1. The van der Waals surface area contributed by atoms with Gasteiger partial charge in [-0.3, -0.25) is 4.98 Å². The Bertz CT molecular complexity index is 447. The number of halogens is 1. The van der Waals surface area contributed by atoms with Crippen LogP contribution in [0.15, 0.2) is 29.4 Å². The third kappa shape index (κ3) is 4.20. The van der Waals surface area contributed by atoms with E-state index < -0.39 is 10.0 Å². The lowest BCUT2D eigenvalue weighted by Crippen LogP contribution is -2.30. The van der Waals surface area contributed by atoms with Crippen LogP contribution in [0, 0.1) is 0 Å². The molecule has 7 heteroatoms. The molecule has 2 rings (SSSR count). The fourth-order valence-electron chi connectivity index (χ4n) is 1.96. The molecule has 0 spiro atoms. The van der Waals surface area contributed by atoms with Crippen LogP contribution in [0.1, 0.15) is 19.3 Å². The van der Waals surface area contributed by atoms with Gasteiger partial charge in [0, 0.05) is 25.0 Å². The molecule has 1 fully saturated rings. The van der Waals surface area contributed by atoms with Crippen molar-refractivity contribution in [3.63, 3.8) is 0 Å². The minimum absolute atomic E-state index is 0. The van der Waals surface area contributed by atoms with E-state index in [1.165, 1.54) is 12.6 Å². The van der Waals surface area contributed by atoms with E-state index in [1.807, 2.05) is 0 Å².